The first-order valence-electron chi connectivity index (χ1n) is 11.6. The van der Waals surface area contributed by atoms with Gasteiger partial charge in [-0.1, -0.05) is 55.1 Å². The van der Waals surface area contributed by atoms with Crippen LogP contribution in [-0.4, -0.2) is 25.6 Å². The minimum atomic E-state index is -0.459. The van der Waals surface area contributed by atoms with Gasteiger partial charge in [0.2, 0.25) is 0 Å². The molecule has 0 fully saturated rings. The average molecular weight is 502 g/mol. The molecule has 1 heterocycles. The Balaban J connectivity index is 1.63. The van der Waals surface area contributed by atoms with Crippen LogP contribution in [0.3, 0.4) is 0 Å². The van der Waals surface area contributed by atoms with Crippen molar-refractivity contribution < 1.29 is 9.72 Å². The monoisotopic (exact) mass is 501 g/mol. The summed E-state index contributed by atoms with van der Waals surface area (Å²) >= 11 is 1.52. The van der Waals surface area contributed by atoms with E-state index in [0.29, 0.717) is 28.0 Å². The molecule has 8 nitrogen and oxygen atoms in total. The van der Waals surface area contributed by atoms with E-state index in [4.69, 9.17) is 0 Å². The Kier molecular flexibility index (Phi) is 7.80. The fourth-order valence-corrected chi connectivity index (χ4v) is 4.81. The van der Waals surface area contributed by atoms with E-state index < -0.39 is 11.0 Å². The first-order chi connectivity index (χ1) is 17.4. The number of aryl methyl sites for hydroxylation is 2. The first-order valence-corrected chi connectivity index (χ1v) is 12.6. The van der Waals surface area contributed by atoms with E-state index in [1.807, 2.05) is 47.9 Å². The van der Waals surface area contributed by atoms with Gasteiger partial charge in [-0.2, -0.15) is 0 Å². The zero-order valence-electron chi connectivity index (χ0n) is 20.3. The quantitative estimate of drug-likeness (QED) is 0.176. The van der Waals surface area contributed by atoms with Crippen LogP contribution in [0.2, 0.25) is 0 Å². The highest BCUT2D eigenvalue weighted by Crippen LogP contribution is 2.29. The Morgan fingerprint density at radius 1 is 1.06 bits per heavy atom. The normalized spacial score (nSPS) is 11.8. The molecule has 0 saturated heterocycles. The third-order valence-corrected chi connectivity index (χ3v) is 6.93. The smallest absolute Gasteiger partial charge is 0.269 e. The van der Waals surface area contributed by atoms with Crippen LogP contribution in [0.25, 0.3) is 5.69 Å². The Labute approximate surface area is 213 Å². The number of nitrogens with one attached hydrogen (secondary N) is 1. The van der Waals surface area contributed by atoms with Crippen molar-refractivity contribution in [2.45, 2.75) is 44.1 Å². The molecule has 0 saturated carbocycles. The summed E-state index contributed by atoms with van der Waals surface area (Å²) < 4.78 is 1.85. The van der Waals surface area contributed by atoms with Crippen LogP contribution < -0.4 is 5.32 Å². The van der Waals surface area contributed by atoms with E-state index in [2.05, 4.69) is 41.5 Å². The third kappa shape index (κ3) is 5.63. The SMILES string of the molecule is CCc1ccc(C(=O)NC(C)c2nnc(SCc3ccccc3C)n2-c2ccc([N+](=O)[O-])cc2)cc1. The standard InChI is InChI=1S/C27H27N5O3S/c1-4-20-9-11-21(12-10-20)26(33)28-19(3)25-29-30-27(36-17-22-8-6-5-7-18(22)2)31(25)23-13-15-24(16-14-23)32(34)35/h5-16,19H,4,17H2,1-3H3,(H,28,33). The maximum Gasteiger partial charge on any atom is 0.269 e. The highest BCUT2D eigenvalue weighted by Gasteiger charge is 2.22. The average Bonchev–Trinajstić information content (AvgIpc) is 3.32. The molecule has 0 radical (unpaired) electrons. The number of nitrogens with zero attached hydrogens (tertiary/aromatic N) is 4. The van der Waals surface area contributed by atoms with E-state index in [1.165, 1.54) is 35.0 Å². The van der Waals surface area contributed by atoms with Crippen molar-refractivity contribution in [1.82, 2.24) is 20.1 Å². The molecule has 0 aliphatic heterocycles. The van der Waals surface area contributed by atoms with E-state index in [0.717, 1.165) is 12.0 Å². The van der Waals surface area contributed by atoms with Gasteiger partial charge in [0.05, 0.1) is 11.0 Å². The predicted molar refractivity (Wildman–Crippen MR) is 140 cm³/mol. The largest absolute Gasteiger partial charge is 0.342 e. The number of nitro benzene ring substituents is 1. The van der Waals surface area contributed by atoms with Crippen molar-refractivity contribution in [2.75, 3.05) is 0 Å². The van der Waals surface area contributed by atoms with Crippen molar-refractivity contribution in [3.8, 4) is 5.69 Å². The summed E-state index contributed by atoms with van der Waals surface area (Å²) in [6, 6.07) is 21.4. The Bertz CT molecular complexity index is 1370. The maximum atomic E-state index is 12.9. The minimum Gasteiger partial charge on any atom is -0.342 e. The summed E-state index contributed by atoms with van der Waals surface area (Å²) in [5.74, 6) is 1.01. The van der Waals surface area contributed by atoms with E-state index >= 15 is 0 Å². The van der Waals surface area contributed by atoms with Crippen LogP contribution in [0.1, 0.15) is 52.8 Å². The van der Waals surface area contributed by atoms with Crippen LogP contribution in [0.4, 0.5) is 5.69 Å². The van der Waals surface area contributed by atoms with Gasteiger partial charge in [0.15, 0.2) is 11.0 Å². The van der Waals surface area contributed by atoms with E-state index in [-0.39, 0.29) is 11.6 Å². The number of thioether (sulfide) groups is 1. The Hall–Kier alpha value is -3.98. The number of hydrogen-bond donors (Lipinski definition) is 1. The highest BCUT2D eigenvalue weighted by atomic mass is 32.2. The van der Waals surface area contributed by atoms with Gasteiger partial charge in [0.25, 0.3) is 11.6 Å². The zero-order valence-corrected chi connectivity index (χ0v) is 21.2. The van der Waals surface area contributed by atoms with Crippen LogP contribution in [-0.2, 0) is 12.2 Å². The molecule has 0 bridgehead atoms. The number of carbonyl (C=O) groups is 1. The van der Waals surface area contributed by atoms with Gasteiger partial charge in [-0.05, 0) is 61.2 Å². The summed E-state index contributed by atoms with van der Waals surface area (Å²) in [6.07, 6.45) is 0.902. The molecule has 184 valence electrons. The molecule has 4 rings (SSSR count). The number of benzene rings is 3. The Morgan fingerprint density at radius 2 is 1.75 bits per heavy atom. The van der Waals surface area contributed by atoms with Crippen molar-refractivity contribution in [2.24, 2.45) is 0 Å². The fourth-order valence-electron chi connectivity index (χ4n) is 3.77. The third-order valence-electron chi connectivity index (χ3n) is 5.95. The van der Waals surface area contributed by atoms with Crippen molar-refractivity contribution in [3.05, 3.63) is 111 Å². The van der Waals surface area contributed by atoms with Gasteiger partial charge in [0.1, 0.15) is 0 Å². The number of rotatable bonds is 9. The second-order valence-corrected chi connectivity index (χ2v) is 9.35. The maximum absolute atomic E-state index is 12.9. The Morgan fingerprint density at radius 3 is 2.39 bits per heavy atom. The molecule has 36 heavy (non-hydrogen) atoms. The molecule has 3 aromatic carbocycles. The van der Waals surface area contributed by atoms with Crippen LogP contribution in [0.15, 0.2) is 78.0 Å². The summed E-state index contributed by atoms with van der Waals surface area (Å²) in [5.41, 5.74) is 4.77. The van der Waals surface area contributed by atoms with Gasteiger partial charge in [0, 0.05) is 29.1 Å². The highest BCUT2D eigenvalue weighted by molar-refractivity contribution is 7.98. The van der Waals surface area contributed by atoms with Gasteiger partial charge in [-0.15, -0.1) is 10.2 Å². The summed E-state index contributed by atoms with van der Waals surface area (Å²) in [5, 5.41) is 23.6. The molecule has 1 atom stereocenters. The van der Waals surface area contributed by atoms with Crippen molar-refractivity contribution >= 4 is 23.4 Å². The summed E-state index contributed by atoms with van der Waals surface area (Å²) in [6.45, 7) is 5.98. The fraction of sp³-hybridized carbons (Fsp3) is 0.222. The molecular weight excluding hydrogens is 474 g/mol. The summed E-state index contributed by atoms with van der Waals surface area (Å²) in [4.78, 5) is 23.6. The lowest BCUT2D eigenvalue weighted by molar-refractivity contribution is -0.384. The molecule has 1 aromatic heterocycles. The number of carbonyl (C=O) groups excluding carboxylic acids is 1. The molecule has 1 N–H and O–H groups in total. The van der Waals surface area contributed by atoms with Crippen LogP contribution >= 0.6 is 11.8 Å². The van der Waals surface area contributed by atoms with Crippen LogP contribution in [0.5, 0.6) is 0 Å². The number of non-ortho nitro benzene ring substituents is 1. The number of nitro groups is 1. The number of amides is 1. The molecule has 9 heteroatoms. The van der Waals surface area contributed by atoms with Gasteiger partial charge < -0.3 is 5.32 Å². The topological polar surface area (TPSA) is 103 Å². The van der Waals surface area contributed by atoms with Gasteiger partial charge in [-0.3, -0.25) is 19.5 Å². The van der Waals surface area contributed by atoms with Crippen molar-refractivity contribution in [3.63, 3.8) is 0 Å². The molecule has 1 amide bonds. The first kappa shape index (κ1) is 25.1. The van der Waals surface area contributed by atoms with Gasteiger partial charge in [-0.25, -0.2) is 0 Å². The lowest BCUT2D eigenvalue weighted by atomic mass is 10.1. The van der Waals surface area contributed by atoms with E-state index in [9.17, 15) is 14.9 Å². The van der Waals surface area contributed by atoms with Crippen LogP contribution in [0, 0.1) is 17.0 Å². The molecule has 0 spiro atoms. The van der Waals surface area contributed by atoms with Gasteiger partial charge >= 0.3 is 0 Å². The summed E-state index contributed by atoms with van der Waals surface area (Å²) in [7, 11) is 0. The lowest BCUT2D eigenvalue weighted by Gasteiger charge is -2.16. The molecule has 4 aromatic rings. The number of aromatic nitrogens is 3. The second-order valence-electron chi connectivity index (χ2n) is 8.41. The van der Waals surface area contributed by atoms with Crippen molar-refractivity contribution in [1.29, 1.82) is 0 Å². The molecule has 1 unspecified atom stereocenters. The minimum absolute atomic E-state index is 0.000588. The molecular formula is C27H27N5O3S. The zero-order chi connectivity index (χ0) is 25.7. The number of hydrogen-bond acceptors (Lipinski definition) is 6. The molecule has 0 aliphatic carbocycles. The molecule has 0 aliphatic rings. The lowest BCUT2D eigenvalue weighted by Crippen LogP contribution is -2.28. The second kappa shape index (κ2) is 11.2. The van der Waals surface area contributed by atoms with E-state index in [1.54, 1.807) is 12.1 Å². The predicted octanol–water partition coefficient (Wildman–Crippen LogP) is 5.83.